The molecule has 0 unspecified atom stereocenters. The van der Waals surface area contributed by atoms with Crippen molar-refractivity contribution in [3.05, 3.63) is 35.9 Å². The number of hydrogen-bond acceptors (Lipinski definition) is 1. The average Bonchev–Trinajstić information content (AvgIpc) is 2.34. The minimum absolute atomic E-state index is 0.00226. The van der Waals surface area contributed by atoms with E-state index in [0.717, 1.165) is 12.8 Å². The summed E-state index contributed by atoms with van der Waals surface area (Å²) in [4.78, 5) is 0. The molecule has 0 bridgehead atoms. The smallest absolute Gasteiger partial charge is 0.0716 e. The minimum Gasteiger partial charge on any atom is -0.377 e. The van der Waals surface area contributed by atoms with Gasteiger partial charge in [-0.2, -0.15) is 0 Å². The predicted molar refractivity (Wildman–Crippen MR) is 70.3 cm³/mol. The Labute approximate surface area is 108 Å². The Morgan fingerprint density at radius 3 is 2.44 bits per heavy atom. The van der Waals surface area contributed by atoms with Crippen LogP contribution in [0.5, 0.6) is 0 Å². The van der Waals surface area contributed by atoms with Crippen LogP contribution in [-0.4, -0.2) is 17.4 Å². The highest BCUT2D eigenvalue weighted by Gasteiger charge is 2.13. The molecule has 0 fully saturated rings. The van der Waals surface area contributed by atoms with E-state index in [9.17, 15) is 0 Å². The second-order valence-electron chi connectivity index (χ2n) is 3.77. The van der Waals surface area contributed by atoms with Gasteiger partial charge in [-0.15, -0.1) is 23.2 Å². The van der Waals surface area contributed by atoms with Crippen LogP contribution in [-0.2, 0) is 11.3 Å². The lowest BCUT2D eigenvalue weighted by molar-refractivity contribution is 0.117. The van der Waals surface area contributed by atoms with E-state index in [1.165, 1.54) is 5.56 Å². The van der Waals surface area contributed by atoms with Crippen molar-refractivity contribution in [1.29, 1.82) is 0 Å². The molecule has 0 aliphatic rings. The van der Waals surface area contributed by atoms with Crippen LogP contribution in [0.3, 0.4) is 0 Å². The Kier molecular flexibility index (Phi) is 6.86. The summed E-state index contributed by atoms with van der Waals surface area (Å²) in [6, 6.07) is 10.1. The van der Waals surface area contributed by atoms with E-state index in [1.807, 2.05) is 25.1 Å². The molecule has 0 spiro atoms. The zero-order chi connectivity index (χ0) is 11.8. The maximum Gasteiger partial charge on any atom is 0.0716 e. The fraction of sp³-hybridized carbons (Fsp3) is 0.538. The van der Waals surface area contributed by atoms with Gasteiger partial charge in [0.1, 0.15) is 0 Å². The lowest BCUT2D eigenvalue weighted by Crippen LogP contribution is -2.16. The van der Waals surface area contributed by atoms with Crippen molar-refractivity contribution in [2.24, 2.45) is 0 Å². The molecule has 0 aromatic heterocycles. The lowest BCUT2D eigenvalue weighted by atomic mass is 10.2. The number of rotatable bonds is 7. The molecule has 0 saturated heterocycles. The van der Waals surface area contributed by atoms with E-state index < -0.39 is 0 Å². The molecule has 1 rings (SSSR count). The van der Waals surface area contributed by atoms with Gasteiger partial charge in [-0.25, -0.2) is 0 Å². The quantitative estimate of drug-likeness (QED) is 0.527. The molecule has 1 aromatic carbocycles. The van der Waals surface area contributed by atoms with Crippen molar-refractivity contribution in [2.45, 2.75) is 37.1 Å². The molecule has 90 valence electrons. The molecule has 0 amide bonds. The number of benzene rings is 1. The first kappa shape index (κ1) is 13.8. The van der Waals surface area contributed by atoms with Gasteiger partial charge in [0.05, 0.1) is 12.0 Å². The third-order valence-corrected chi connectivity index (χ3v) is 3.70. The first-order valence-corrected chi connectivity index (χ1v) is 6.51. The van der Waals surface area contributed by atoms with Gasteiger partial charge in [-0.1, -0.05) is 37.3 Å². The molecule has 0 radical (unpaired) electrons. The molecule has 0 saturated carbocycles. The van der Waals surface area contributed by atoms with Crippen molar-refractivity contribution < 1.29 is 4.74 Å². The minimum atomic E-state index is 0.00226. The molecule has 0 aliphatic heterocycles. The Morgan fingerprint density at radius 2 is 1.81 bits per heavy atom. The summed E-state index contributed by atoms with van der Waals surface area (Å²) in [5, 5.41) is 0.0458. The van der Waals surface area contributed by atoms with Crippen LogP contribution in [0.2, 0.25) is 0 Å². The molecule has 0 heterocycles. The SMILES string of the molecule is CC[C@@H](Cl)[C@@H](Cl)CCOCc1ccccc1. The maximum absolute atomic E-state index is 6.10. The van der Waals surface area contributed by atoms with E-state index >= 15 is 0 Å². The van der Waals surface area contributed by atoms with Gasteiger partial charge >= 0.3 is 0 Å². The lowest BCUT2D eigenvalue weighted by Gasteiger charge is -2.14. The van der Waals surface area contributed by atoms with Gasteiger partial charge in [0, 0.05) is 12.0 Å². The van der Waals surface area contributed by atoms with Gasteiger partial charge in [0.25, 0.3) is 0 Å². The normalized spacial score (nSPS) is 14.7. The zero-order valence-electron chi connectivity index (χ0n) is 9.53. The van der Waals surface area contributed by atoms with E-state index in [4.69, 9.17) is 27.9 Å². The van der Waals surface area contributed by atoms with Crippen LogP contribution in [0.1, 0.15) is 25.3 Å². The topological polar surface area (TPSA) is 9.23 Å². The maximum atomic E-state index is 6.10. The summed E-state index contributed by atoms with van der Waals surface area (Å²) < 4.78 is 5.54. The number of alkyl halides is 2. The van der Waals surface area contributed by atoms with E-state index in [2.05, 4.69) is 12.1 Å². The Bertz CT molecular complexity index is 277. The first-order chi connectivity index (χ1) is 7.74. The molecule has 16 heavy (non-hydrogen) atoms. The summed E-state index contributed by atoms with van der Waals surface area (Å²) in [5.41, 5.74) is 1.19. The Balaban J connectivity index is 2.13. The third-order valence-electron chi connectivity index (χ3n) is 2.43. The van der Waals surface area contributed by atoms with Gasteiger partial charge in [0.15, 0.2) is 0 Å². The van der Waals surface area contributed by atoms with Crippen LogP contribution in [0.4, 0.5) is 0 Å². The van der Waals surface area contributed by atoms with Crippen LogP contribution in [0, 0.1) is 0 Å². The van der Waals surface area contributed by atoms with Gasteiger partial charge < -0.3 is 4.74 Å². The van der Waals surface area contributed by atoms with Crippen molar-refractivity contribution >= 4 is 23.2 Å². The Morgan fingerprint density at radius 1 is 1.12 bits per heavy atom. The average molecular weight is 261 g/mol. The van der Waals surface area contributed by atoms with Crippen molar-refractivity contribution in [1.82, 2.24) is 0 Å². The standard InChI is InChI=1S/C13H18Cl2O/c1-2-12(14)13(15)8-9-16-10-11-6-4-3-5-7-11/h3-7,12-13H,2,8-10H2,1H3/t12-,13+/m1/s1. The number of ether oxygens (including phenoxy) is 1. The Hall–Kier alpha value is -0.240. The van der Waals surface area contributed by atoms with E-state index in [0.29, 0.717) is 13.2 Å². The zero-order valence-corrected chi connectivity index (χ0v) is 11.0. The molecular weight excluding hydrogens is 243 g/mol. The second-order valence-corrected chi connectivity index (χ2v) is 4.89. The van der Waals surface area contributed by atoms with Crippen LogP contribution >= 0.6 is 23.2 Å². The molecule has 0 N–H and O–H groups in total. The van der Waals surface area contributed by atoms with E-state index in [1.54, 1.807) is 0 Å². The second kappa shape index (κ2) is 7.94. The molecule has 3 heteroatoms. The summed E-state index contributed by atoms with van der Waals surface area (Å²) in [7, 11) is 0. The van der Waals surface area contributed by atoms with Crippen LogP contribution in [0.15, 0.2) is 30.3 Å². The highest BCUT2D eigenvalue weighted by Crippen LogP contribution is 2.17. The molecule has 1 nitrogen and oxygen atoms in total. The predicted octanol–water partition coefficient (Wildman–Crippen LogP) is 4.22. The summed E-state index contributed by atoms with van der Waals surface area (Å²) >= 11 is 12.1. The first-order valence-electron chi connectivity index (χ1n) is 5.63. The largest absolute Gasteiger partial charge is 0.377 e. The van der Waals surface area contributed by atoms with Gasteiger partial charge in [-0.05, 0) is 18.4 Å². The molecule has 1 aromatic rings. The highest BCUT2D eigenvalue weighted by atomic mass is 35.5. The fourth-order valence-corrected chi connectivity index (χ4v) is 1.79. The monoisotopic (exact) mass is 260 g/mol. The summed E-state index contributed by atoms with van der Waals surface area (Å²) in [5.74, 6) is 0. The third kappa shape index (κ3) is 5.20. The number of hydrogen-bond donors (Lipinski definition) is 0. The van der Waals surface area contributed by atoms with Crippen molar-refractivity contribution in [3.63, 3.8) is 0 Å². The molecule has 2 atom stereocenters. The molecule has 0 aliphatic carbocycles. The van der Waals surface area contributed by atoms with E-state index in [-0.39, 0.29) is 10.8 Å². The van der Waals surface area contributed by atoms with Gasteiger partial charge in [-0.3, -0.25) is 0 Å². The van der Waals surface area contributed by atoms with Crippen LogP contribution < -0.4 is 0 Å². The van der Waals surface area contributed by atoms with Crippen molar-refractivity contribution in [3.8, 4) is 0 Å². The van der Waals surface area contributed by atoms with Crippen molar-refractivity contribution in [2.75, 3.05) is 6.61 Å². The molecular formula is C13H18Cl2O. The summed E-state index contributed by atoms with van der Waals surface area (Å²) in [6.45, 7) is 3.34. The fourth-order valence-electron chi connectivity index (χ4n) is 1.40. The van der Waals surface area contributed by atoms with Crippen LogP contribution in [0.25, 0.3) is 0 Å². The van der Waals surface area contributed by atoms with Gasteiger partial charge in [0.2, 0.25) is 0 Å². The highest BCUT2D eigenvalue weighted by molar-refractivity contribution is 6.29. The summed E-state index contributed by atoms with van der Waals surface area (Å²) in [6.07, 6.45) is 1.70. The number of halogens is 2.